The van der Waals surface area contributed by atoms with Gasteiger partial charge in [-0.05, 0) is 48.1 Å². The van der Waals surface area contributed by atoms with Gasteiger partial charge >= 0.3 is 0 Å². The number of carbonyl (C=O) groups excluding carboxylic acids is 1. The molecule has 1 fully saturated rings. The summed E-state index contributed by atoms with van der Waals surface area (Å²) in [5.74, 6) is 0.0769. The van der Waals surface area contributed by atoms with Crippen molar-refractivity contribution in [3.63, 3.8) is 0 Å². The number of nitrogens with one attached hydrogen (secondary N) is 2. The zero-order chi connectivity index (χ0) is 20.9. The predicted octanol–water partition coefficient (Wildman–Crippen LogP) is 2.80. The fourth-order valence-electron chi connectivity index (χ4n) is 4.75. The topological polar surface area (TPSA) is 53.6 Å². The number of hydrogen-bond acceptors (Lipinski definition) is 4. The smallest absolute Gasteiger partial charge is 0.237 e. The Labute approximate surface area is 183 Å². The van der Waals surface area contributed by atoms with E-state index in [1.807, 2.05) is 18.2 Å². The summed E-state index contributed by atoms with van der Waals surface area (Å²) in [6, 6.07) is 17.2. The molecule has 0 aromatic heterocycles. The minimum Gasteiger partial charge on any atom is -0.383 e. The Balaban J connectivity index is 1.41. The Morgan fingerprint density at radius 1 is 1.13 bits per heavy atom. The first-order valence-corrected chi connectivity index (χ1v) is 11.1. The van der Waals surface area contributed by atoms with Gasteiger partial charge in [-0.1, -0.05) is 48.0 Å². The Kier molecular flexibility index (Phi) is 7.05. The molecule has 1 aliphatic heterocycles. The highest BCUT2D eigenvalue weighted by molar-refractivity contribution is 6.30. The van der Waals surface area contributed by atoms with Crippen LogP contribution in [0.15, 0.2) is 48.5 Å². The lowest BCUT2D eigenvalue weighted by Gasteiger charge is -2.23. The molecule has 160 valence electrons. The van der Waals surface area contributed by atoms with Gasteiger partial charge in [0.15, 0.2) is 0 Å². The van der Waals surface area contributed by atoms with Crippen molar-refractivity contribution in [3.05, 3.63) is 70.2 Å². The van der Waals surface area contributed by atoms with E-state index in [0.717, 1.165) is 36.4 Å². The lowest BCUT2D eigenvalue weighted by molar-refractivity contribution is -0.125. The van der Waals surface area contributed by atoms with E-state index in [4.69, 9.17) is 16.3 Å². The number of benzene rings is 2. The lowest BCUT2D eigenvalue weighted by atomic mass is 10.1. The van der Waals surface area contributed by atoms with E-state index in [1.165, 1.54) is 11.1 Å². The number of nitrogens with zero attached hydrogens (tertiary/aromatic N) is 1. The highest BCUT2D eigenvalue weighted by Gasteiger charge is 2.38. The summed E-state index contributed by atoms with van der Waals surface area (Å²) >= 11 is 6.18. The molecule has 2 aromatic rings. The number of likely N-dealkylation sites (tertiary alicyclic amines) is 1. The summed E-state index contributed by atoms with van der Waals surface area (Å²) in [7, 11) is 1.65. The summed E-state index contributed by atoms with van der Waals surface area (Å²) < 4.78 is 5.08. The zero-order valence-electron chi connectivity index (χ0n) is 17.4. The number of fused-ring (bicyclic) bond motifs is 1. The third kappa shape index (κ3) is 5.22. The number of ether oxygens (including phenoxy) is 1. The normalized spacial score (nSPS) is 21.7. The van der Waals surface area contributed by atoms with E-state index in [0.29, 0.717) is 31.8 Å². The van der Waals surface area contributed by atoms with Crippen molar-refractivity contribution < 1.29 is 9.53 Å². The second kappa shape index (κ2) is 9.92. The fraction of sp³-hybridized carbons (Fsp3) is 0.458. The summed E-state index contributed by atoms with van der Waals surface area (Å²) in [6.07, 6.45) is 2.93. The van der Waals surface area contributed by atoms with Crippen molar-refractivity contribution in [2.75, 3.05) is 26.8 Å². The molecular weight excluding hydrogens is 398 g/mol. The molecular formula is C24H30ClN3O2. The maximum absolute atomic E-state index is 12.9. The van der Waals surface area contributed by atoms with Crippen LogP contribution in [0.1, 0.15) is 23.1 Å². The Bertz CT molecular complexity index is 850. The molecule has 0 bridgehead atoms. The maximum atomic E-state index is 12.9. The zero-order valence-corrected chi connectivity index (χ0v) is 18.2. The summed E-state index contributed by atoms with van der Waals surface area (Å²) in [5.41, 5.74) is 4.02. The molecule has 1 saturated heterocycles. The van der Waals surface area contributed by atoms with Crippen molar-refractivity contribution in [2.45, 2.75) is 43.9 Å². The van der Waals surface area contributed by atoms with E-state index < -0.39 is 0 Å². The fourth-order valence-corrected chi connectivity index (χ4v) is 4.96. The molecule has 0 saturated carbocycles. The van der Waals surface area contributed by atoms with Crippen LogP contribution in [0, 0.1) is 0 Å². The average Bonchev–Trinajstić information content (AvgIpc) is 3.31. The van der Waals surface area contributed by atoms with Crippen LogP contribution in [-0.4, -0.2) is 55.7 Å². The first kappa shape index (κ1) is 21.3. The van der Waals surface area contributed by atoms with Crippen LogP contribution in [0.5, 0.6) is 0 Å². The lowest BCUT2D eigenvalue weighted by Crippen LogP contribution is -2.43. The predicted molar refractivity (Wildman–Crippen MR) is 120 cm³/mol. The summed E-state index contributed by atoms with van der Waals surface area (Å²) in [5, 5.41) is 7.58. The van der Waals surface area contributed by atoms with Crippen LogP contribution < -0.4 is 10.6 Å². The van der Waals surface area contributed by atoms with Crippen LogP contribution in [-0.2, 0) is 28.9 Å². The summed E-state index contributed by atoms with van der Waals surface area (Å²) in [6.45, 7) is 2.62. The monoisotopic (exact) mass is 427 g/mol. The van der Waals surface area contributed by atoms with Crippen LogP contribution in [0.4, 0.5) is 0 Å². The van der Waals surface area contributed by atoms with Gasteiger partial charge in [0, 0.05) is 43.9 Å². The minimum atomic E-state index is -0.151. The molecule has 6 heteroatoms. The average molecular weight is 428 g/mol. The molecule has 0 unspecified atom stereocenters. The minimum absolute atomic E-state index is 0.0769. The van der Waals surface area contributed by atoms with Gasteiger partial charge < -0.3 is 15.4 Å². The van der Waals surface area contributed by atoms with E-state index in [9.17, 15) is 4.79 Å². The van der Waals surface area contributed by atoms with E-state index in [1.54, 1.807) is 7.11 Å². The van der Waals surface area contributed by atoms with Crippen molar-refractivity contribution in [2.24, 2.45) is 0 Å². The molecule has 1 heterocycles. The van der Waals surface area contributed by atoms with Crippen LogP contribution in [0.25, 0.3) is 0 Å². The molecule has 2 atom stereocenters. The molecule has 0 spiro atoms. The number of hydrogen-bond donors (Lipinski definition) is 2. The highest BCUT2D eigenvalue weighted by atomic mass is 35.5. The number of carbonyl (C=O) groups is 1. The van der Waals surface area contributed by atoms with Gasteiger partial charge in [-0.25, -0.2) is 0 Å². The number of rotatable bonds is 8. The maximum Gasteiger partial charge on any atom is 0.237 e. The SMILES string of the molecule is COCCNC(=O)[C@@H]1C[C@H](NC2Cc3ccccc3C2)CN1Cc1cccc(Cl)c1. The van der Waals surface area contributed by atoms with Gasteiger partial charge in [-0.15, -0.1) is 0 Å². The van der Waals surface area contributed by atoms with E-state index >= 15 is 0 Å². The summed E-state index contributed by atoms with van der Waals surface area (Å²) in [4.78, 5) is 15.2. The van der Waals surface area contributed by atoms with E-state index in [-0.39, 0.29) is 11.9 Å². The van der Waals surface area contributed by atoms with Crippen LogP contribution >= 0.6 is 11.6 Å². The second-order valence-electron chi connectivity index (χ2n) is 8.33. The molecule has 4 rings (SSSR count). The molecule has 1 aliphatic carbocycles. The Morgan fingerprint density at radius 2 is 1.90 bits per heavy atom. The van der Waals surface area contributed by atoms with E-state index in [2.05, 4.69) is 45.9 Å². The number of amides is 1. The van der Waals surface area contributed by atoms with Crippen molar-refractivity contribution in [3.8, 4) is 0 Å². The Morgan fingerprint density at radius 3 is 2.60 bits per heavy atom. The highest BCUT2D eigenvalue weighted by Crippen LogP contribution is 2.26. The number of halogens is 1. The molecule has 0 radical (unpaired) electrons. The van der Waals surface area contributed by atoms with Gasteiger partial charge in [0.05, 0.1) is 12.6 Å². The number of methoxy groups -OCH3 is 1. The quantitative estimate of drug-likeness (QED) is 0.636. The molecule has 1 amide bonds. The van der Waals surface area contributed by atoms with Crippen LogP contribution in [0.3, 0.4) is 0 Å². The van der Waals surface area contributed by atoms with Gasteiger partial charge in [-0.3, -0.25) is 9.69 Å². The van der Waals surface area contributed by atoms with Gasteiger partial charge in [0.1, 0.15) is 0 Å². The van der Waals surface area contributed by atoms with Gasteiger partial charge in [0.25, 0.3) is 0 Å². The molecule has 2 aliphatic rings. The van der Waals surface area contributed by atoms with Crippen LogP contribution in [0.2, 0.25) is 5.02 Å². The molecule has 2 aromatic carbocycles. The molecule has 5 nitrogen and oxygen atoms in total. The van der Waals surface area contributed by atoms with Gasteiger partial charge in [-0.2, -0.15) is 0 Å². The Hall–Kier alpha value is -1.92. The molecule has 30 heavy (non-hydrogen) atoms. The largest absolute Gasteiger partial charge is 0.383 e. The first-order chi connectivity index (χ1) is 14.6. The first-order valence-electron chi connectivity index (χ1n) is 10.7. The molecule has 2 N–H and O–H groups in total. The third-order valence-corrected chi connectivity index (χ3v) is 6.34. The second-order valence-corrected chi connectivity index (χ2v) is 8.77. The van der Waals surface area contributed by atoms with Gasteiger partial charge in [0.2, 0.25) is 5.91 Å². The van der Waals surface area contributed by atoms with Crippen molar-refractivity contribution in [1.29, 1.82) is 0 Å². The van der Waals surface area contributed by atoms with Crippen molar-refractivity contribution in [1.82, 2.24) is 15.5 Å². The van der Waals surface area contributed by atoms with Crippen molar-refractivity contribution >= 4 is 17.5 Å². The standard InChI is InChI=1S/C24H30ClN3O2/c1-30-10-9-26-24(29)23-14-22(16-28(23)15-17-5-4-8-20(25)11-17)27-21-12-18-6-2-3-7-19(18)13-21/h2-8,11,21-23,27H,9-10,12-16H2,1H3,(H,26,29)/t22-,23-/m0/s1. The third-order valence-electron chi connectivity index (χ3n) is 6.11.